The van der Waals surface area contributed by atoms with Gasteiger partial charge in [0.2, 0.25) is 0 Å². The van der Waals surface area contributed by atoms with Crippen molar-refractivity contribution >= 4 is 15.9 Å². The lowest BCUT2D eigenvalue weighted by Gasteiger charge is -2.18. The summed E-state index contributed by atoms with van der Waals surface area (Å²) >= 11 is 2.64. The molecule has 0 radical (unpaired) electrons. The smallest absolute Gasteiger partial charge is 0.312 e. The molecular weight excluding hydrogens is 239 g/mol. The second-order valence-corrected chi connectivity index (χ2v) is 2.34. The number of rotatable bonds is 3. The average molecular weight is 243 g/mol. The lowest BCUT2D eigenvalue weighted by molar-refractivity contribution is -0.389. The maximum atomic E-state index is 11.7. The zero-order valence-corrected chi connectivity index (χ0v) is 6.68. The van der Waals surface area contributed by atoms with Gasteiger partial charge < -0.3 is 4.74 Å². The van der Waals surface area contributed by atoms with Gasteiger partial charge in [-0.15, -0.1) is 0 Å². The van der Waals surface area contributed by atoms with Gasteiger partial charge >= 0.3 is 12.3 Å². The van der Waals surface area contributed by atoms with Gasteiger partial charge in [0.1, 0.15) is 0 Å². The molecule has 0 fully saturated rings. The molecule has 0 rings (SSSR count). The summed E-state index contributed by atoms with van der Waals surface area (Å²) in [7, 11) is 0. The van der Waals surface area contributed by atoms with Gasteiger partial charge in [-0.05, 0) is 0 Å². The third kappa shape index (κ3) is 3.33. The van der Waals surface area contributed by atoms with Crippen molar-refractivity contribution in [3.8, 4) is 0 Å². The molecule has 0 saturated carbocycles. The minimum absolute atomic E-state index is 0.0708. The lowest BCUT2D eigenvalue weighted by Crippen LogP contribution is -2.39. The molecule has 0 bridgehead atoms. The highest BCUT2D eigenvalue weighted by atomic mass is 79.9. The van der Waals surface area contributed by atoms with E-state index >= 15 is 0 Å². The van der Waals surface area contributed by atoms with E-state index in [1.165, 1.54) is 0 Å². The van der Waals surface area contributed by atoms with E-state index in [0.29, 0.717) is 0 Å². The summed E-state index contributed by atoms with van der Waals surface area (Å²) in [6, 6.07) is 0. The minimum Gasteiger partial charge on any atom is -0.312 e. The first-order chi connectivity index (χ1) is 4.81. The number of alkyl halides is 6. The number of ether oxygens (including phenoxy) is 1. The first kappa shape index (κ1) is 11.1. The molecule has 0 unspecified atom stereocenters. The van der Waals surface area contributed by atoms with E-state index in [4.69, 9.17) is 0 Å². The van der Waals surface area contributed by atoms with Crippen molar-refractivity contribution in [1.29, 1.82) is 0 Å². The van der Waals surface area contributed by atoms with Crippen LogP contribution in [-0.2, 0) is 4.74 Å². The topological polar surface area (TPSA) is 9.23 Å². The molecule has 0 aromatic heterocycles. The van der Waals surface area contributed by atoms with Gasteiger partial charge in [0, 0.05) is 5.33 Å². The van der Waals surface area contributed by atoms with Crippen molar-refractivity contribution in [2.24, 2.45) is 0 Å². The van der Waals surface area contributed by atoms with Crippen LogP contribution in [0.4, 0.5) is 22.0 Å². The quantitative estimate of drug-likeness (QED) is 0.546. The van der Waals surface area contributed by atoms with Crippen molar-refractivity contribution in [3.63, 3.8) is 0 Å². The van der Waals surface area contributed by atoms with Crippen LogP contribution in [0.3, 0.4) is 0 Å². The van der Waals surface area contributed by atoms with E-state index in [9.17, 15) is 22.0 Å². The summed E-state index contributed by atoms with van der Waals surface area (Å²) in [5, 5.41) is -0.0708. The van der Waals surface area contributed by atoms with Gasteiger partial charge in [0.25, 0.3) is 0 Å². The second-order valence-electron chi connectivity index (χ2n) is 1.55. The molecule has 0 spiro atoms. The molecule has 68 valence electrons. The Kier molecular flexibility index (Phi) is 3.69. The molecule has 0 atom stereocenters. The lowest BCUT2D eigenvalue weighted by atomic mass is 10.6. The fourth-order valence-electron chi connectivity index (χ4n) is 0.249. The van der Waals surface area contributed by atoms with Crippen molar-refractivity contribution in [3.05, 3.63) is 0 Å². The predicted molar refractivity (Wildman–Crippen MR) is 30.7 cm³/mol. The Hall–Kier alpha value is 0.0900. The van der Waals surface area contributed by atoms with Crippen LogP contribution in [0.1, 0.15) is 0 Å². The molecule has 7 heteroatoms. The van der Waals surface area contributed by atoms with Crippen LogP contribution < -0.4 is 0 Å². The normalized spacial score (nSPS) is 13.6. The third-order valence-corrected chi connectivity index (χ3v) is 1.01. The van der Waals surface area contributed by atoms with Crippen molar-refractivity contribution in [2.45, 2.75) is 12.3 Å². The van der Waals surface area contributed by atoms with Gasteiger partial charge in [-0.25, -0.2) is 0 Å². The van der Waals surface area contributed by atoms with Crippen LogP contribution in [0.15, 0.2) is 0 Å². The molecule has 0 aliphatic carbocycles. The summed E-state index contributed by atoms with van der Waals surface area (Å²) in [5.41, 5.74) is 0. The Labute approximate surface area is 67.6 Å². The van der Waals surface area contributed by atoms with Crippen LogP contribution in [0.5, 0.6) is 0 Å². The maximum absolute atomic E-state index is 11.7. The Bertz CT molecular complexity index is 122. The zero-order valence-electron chi connectivity index (χ0n) is 5.09. The van der Waals surface area contributed by atoms with Crippen LogP contribution in [-0.4, -0.2) is 24.2 Å². The van der Waals surface area contributed by atoms with Crippen molar-refractivity contribution < 1.29 is 26.7 Å². The number of hydrogen-bond donors (Lipinski definition) is 0. The summed E-state index contributed by atoms with van der Waals surface area (Å²) in [6.07, 6.45) is -10.7. The summed E-state index contributed by atoms with van der Waals surface area (Å²) in [5.74, 6) is 0. The van der Waals surface area contributed by atoms with E-state index in [2.05, 4.69) is 20.7 Å². The van der Waals surface area contributed by atoms with E-state index in [0.717, 1.165) is 0 Å². The number of halogens is 6. The Balaban J connectivity index is 4.00. The Morgan fingerprint density at radius 1 is 1.09 bits per heavy atom. The SMILES string of the molecule is FC(F)(F)C(F)(F)OCCBr. The highest BCUT2D eigenvalue weighted by Crippen LogP contribution is 2.36. The predicted octanol–water partition coefficient (Wildman–Crippen LogP) is 2.55. The van der Waals surface area contributed by atoms with Crippen molar-refractivity contribution in [1.82, 2.24) is 0 Å². The molecule has 0 aromatic rings. The van der Waals surface area contributed by atoms with E-state index in [1.54, 1.807) is 0 Å². The van der Waals surface area contributed by atoms with Crippen molar-refractivity contribution in [2.75, 3.05) is 11.9 Å². The Morgan fingerprint density at radius 2 is 1.55 bits per heavy atom. The monoisotopic (exact) mass is 242 g/mol. The molecule has 0 amide bonds. The van der Waals surface area contributed by atoms with E-state index in [-0.39, 0.29) is 5.33 Å². The molecule has 1 nitrogen and oxygen atoms in total. The van der Waals surface area contributed by atoms with Crippen LogP contribution in [0.2, 0.25) is 0 Å². The molecule has 0 aliphatic rings. The molecular formula is C4H4BrF5O. The van der Waals surface area contributed by atoms with Crippen LogP contribution >= 0.6 is 15.9 Å². The third-order valence-electron chi connectivity index (χ3n) is 0.691. The fourth-order valence-corrected chi connectivity index (χ4v) is 0.410. The molecule has 0 heterocycles. The van der Waals surface area contributed by atoms with Gasteiger partial charge in [-0.2, -0.15) is 22.0 Å². The summed E-state index contributed by atoms with van der Waals surface area (Å²) < 4.78 is 60.5. The van der Waals surface area contributed by atoms with Gasteiger partial charge in [0.05, 0.1) is 6.61 Å². The molecule has 0 aliphatic heterocycles. The van der Waals surface area contributed by atoms with Gasteiger partial charge in [-0.1, -0.05) is 15.9 Å². The van der Waals surface area contributed by atoms with Crippen LogP contribution in [0.25, 0.3) is 0 Å². The van der Waals surface area contributed by atoms with Gasteiger partial charge in [-0.3, -0.25) is 0 Å². The molecule has 11 heavy (non-hydrogen) atoms. The second kappa shape index (κ2) is 3.66. The molecule has 0 N–H and O–H groups in total. The van der Waals surface area contributed by atoms with Gasteiger partial charge in [0.15, 0.2) is 0 Å². The average Bonchev–Trinajstić information content (AvgIpc) is 1.81. The highest BCUT2D eigenvalue weighted by Gasteiger charge is 2.59. The summed E-state index contributed by atoms with van der Waals surface area (Å²) in [4.78, 5) is 0. The Morgan fingerprint density at radius 3 is 1.82 bits per heavy atom. The zero-order chi connectivity index (χ0) is 9.12. The minimum atomic E-state index is -5.63. The molecule has 0 saturated heterocycles. The molecule has 0 aromatic carbocycles. The summed E-state index contributed by atoms with van der Waals surface area (Å²) in [6.45, 7) is -0.688. The first-order valence-electron chi connectivity index (χ1n) is 2.45. The van der Waals surface area contributed by atoms with Crippen LogP contribution in [0, 0.1) is 0 Å². The number of hydrogen-bond acceptors (Lipinski definition) is 1. The van der Waals surface area contributed by atoms with E-state index < -0.39 is 18.9 Å². The maximum Gasteiger partial charge on any atom is 0.482 e. The first-order valence-corrected chi connectivity index (χ1v) is 3.58. The highest BCUT2D eigenvalue weighted by molar-refractivity contribution is 9.09. The van der Waals surface area contributed by atoms with E-state index in [1.807, 2.05) is 0 Å². The largest absolute Gasteiger partial charge is 0.482 e. The standard InChI is InChI=1S/C4H4BrF5O/c5-1-2-11-4(9,10)3(6,7)8/h1-2H2. The fraction of sp³-hybridized carbons (Fsp3) is 1.00.